The predicted molar refractivity (Wildman–Crippen MR) is 30.9 cm³/mol. The summed E-state index contributed by atoms with van der Waals surface area (Å²) in [5, 5.41) is 17.7. The van der Waals surface area contributed by atoms with Gasteiger partial charge in [-0.25, -0.2) is 4.79 Å². The molecule has 0 saturated heterocycles. The molecule has 0 aliphatic heterocycles. The van der Waals surface area contributed by atoms with Crippen LogP contribution < -0.4 is 34.7 Å². The fourth-order valence-corrected chi connectivity index (χ4v) is 0.272. The average molecular weight is 164 g/mol. The van der Waals surface area contributed by atoms with E-state index in [0.717, 1.165) is 24.3 Å². The van der Waals surface area contributed by atoms with Crippen LogP contribution >= 0.6 is 0 Å². The predicted octanol–water partition coefficient (Wildman–Crippen LogP) is -4.06. The van der Waals surface area contributed by atoms with E-state index >= 15 is 0 Å². The third-order valence-corrected chi connectivity index (χ3v) is 0.582. The zero-order chi connectivity index (χ0) is 7.98. The van der Waals surface area contributed by atoms with Crippen LogP contribution in [-0.4, -0.2) is 17.0 Å². The maximum atomic E-state index is 9.76. The minimum absolute atomic E-state index is 0. The van der Waals surface area contributed by atoms with E-state index in [9.17, 15) is 14.7 Å². The summed E-state index contributed by atoms with van der Waals surface area (Å²) in [6, 6.07) is 0. The van der Waals surface area contributed by atoms with E-state index < -0.39 is 11.9 Å². The summed E-state index contributed by atoms with van der Waals surface area (Å²) in [6.07, 6.45) is 3.72. The number of carbonyl (C=O) groups is 2. The molecule has 0 amide bonds. The number of carboxylic acid groups (broad SMARTS) is 2. The van der Waals surface area contributed by atoms with E-state index in [4.69, 9.17) is 5.11 Å². The van der Waals surface area contributed by atoms with E-state index in [2.05, 4.69) is 0 Å². The van der Waals surface area contributed by atoms with Crippen molar-refractivity contribution in [2.75, 3.05) is 0 Å². The number of hydrogen-bond acceptors (Lipinski definition) is 3. The fraction of sp³-hybridized carbons (Fsp3) is 0. The second kappa shape index (κ2) is 7.53. The van der Waals surface area contributed by atoms with Gasteiger partial charge < -0.3 is 15.0 Å². The van der Waals surface area contributed by atoms with Crippen molar-refractivity contribution in [1.29, 1.82) is 0 Å². The maximum Gasteiger partial charge on any atom is 1.00 e. The third-order valence-electron chi connectivity index (χ3n) is 0.582. The Balaban J connectivity index is 0. The molecule has 0 aromatic carbocycles. The first kappa shape index (κ1) is 13.0. The Bertz CT molecular complexity index is 173. The number of allylic oxidation sites excluding steroid dienone is 2. The Labute approximate surface area is 85.5 Å². The molecule has 54 valence electrons. The first-order chi connectivity index (χ1) is 4.63. The van der Waals surface area contributed by atoms with Gasteiger partial charge in [-0.05, 0) is 6.08 Å². The minimum Gasteiger partial charge on any atom is -0.545 e. The smallest absolute Gasteiger partial charge is 0.545 e. The Morgan fingerprint density at radius 1 is 1.18 bits per heavy atom. The quantitative estimate of drug-likeness (QED) is 0.261. The van der Waals surface area contributed by atoms with Gasteiger partial charge in [-0.3, -0.25) is 0 Å². The van der Waals surface area contributed by atoms with Gasteiger partial charge in [0.1, 0.15) is 0 Å². The average Bonchev–Trinajstić information content (AvgIpc) is 1.79. The van der Waals surface area contributed by atoms with Gasteiger partial charge in [0.05, 0.1) is 5.97 Å². The molecule has 0 heterocycles. The van der Waals surface area contributed by atoms with Crippen LogP contribution in [0.2, 0.25) is 0 Å². The van der Waals surface area contributed by atoms with Crippen molar-refractivity contribution >= 4 is 11.9 Å². The molecule has 5 heteroatoms. The first-order valence-electron chi connectivity index (χ1n) is 2.41. The second-order valence-electron chi connectivity index (χ2n) is 1.38. The standard InChI is InChI=1S/C6H6O4.Na/c7-5(8)3-1-2-4-6(9)10;/h1-4H,(H,7,8)(H,9,10);/q;+1/p-1/b3-1-,4-2+;. The molecule has 0 spiro atoms. The molecule has 1 N–H and O–H groups in total. The van der Waals surface area contributed by atoms with Crippen LogP contribution in [-0.2, 0) is 9.59 Å². The SMILES string of the molecule is O=C([O-])/C=C\C=C\C(=O)O.[Na+]. The Kier molecular flexibility index (Phi) is 8.92. The van der Waals surface area contributed by atoms with Crippen LogP contribution in [0.5, 0.6) is 0 Å². The summed E-state index contributed by atoms with van der Waals surface area (Å²) in [6.45, 7) is 0. The van der Waals surface area contributed by atoms with Crippen molar-refractivity contribution in [1.82, 2.24) is 0 Å². The molecule has 0 fully saturated rings. The summed E-state index contributed by atoms with van der Waals surface area (Å²) in [7, 11) is 0. The number of carbonyl (C=O) groups excluding carboxylic acids is 1. The van der Waals surface area contributed by atoms with Crippen LogP contribution in [0.1, 0.15) is 0 Å². The summed E-state index contributed by atoms with van der Waals surface area (Å²) in [5.41, 5.74) is 0. The van der Waals surface area contributed by atoms with Gasteiger partial charge in [-0.1, -0.05) is 12.2 Å². The van der Waals surface area contributed by atoms with Crippen LogP contribution in [0.3, 0.4) is 0 Å². The van der Waals surface area contributed by atoms with Crippen molar-refractivity contribution in [2.45, 2.75) is 0 Å². The van der Waals surface area contributed by atoms with Gasteiger partial charge in [0, 0.05) is 6.08 Å². The summed E-state index contributed by atoms with van der Waals surface area (Å²) < 4.78 is 0. The van der Waals surface area contributed by atoms with Gasteiger partial charge in [-0.15, -0.1) is 0 Å². The molecule has 0 bridgehead atoms. The third kappa shape index (κ3) is 12.6. The zero-order valence-electron chi connectivity index (χ0n) is 5.98. The van der Waals surface area contributed by atoms with Gasteiger partial charge >= 0.3 is 35.5 Å². The molecule has 0 radical (unpaired) electrons. The summed E-state index contributed by atoms with van der Waals surface area (Å²) >= 11 is 0. The monoisotopic (exact) mass is 164 g/mol. The van der Waals surface area contributed by atoms with Gasteiger partial charge in [0.25, 0.3) is 0 Å². The molecule has 0 aliphatic rings. The van der Waals surface area contributed by atoms with E-state index in [1.54, 1.807) is 0 Å². The van der Waals surface area contributed by atoms with Crippen LogP contribution in [0, 0.1) is 0 Å². The van der Waals surface area contributed by atoms with E-state index in [1.807, 2.05) is 0 Å². The van der Waals surface area contributed by atoms with Crippen LogP contribution in [0.15, 0.2) is 24.3 Å². The van der Waals surface area contributed by atoms with E-state index in [1.165, 1.54) is 0 Å². The molecule has 0 aromatic rings. The number of hydrogen-bond donors (Lipinski definition) is 1. The van der Waals surface area contributed by atoms with Crippen molar-refractivity contribution in [3.05, 3.63) is 24.3 Å². The molecule has 0 aliphatic carbocycles. The molecule has 0 atom stereocenters. The molecular weight excluding hydrogens is 159 g/mol. The maximum absolute atomic E-state index is 9.76. The van der Waals surface area contributed by atoms with Crippen LogP contribution in [0.25, 0.3) is 0 Å². The Morgan fingerprint density at radius 2 is 1.64 bits per heavy atom. The Morgan fingerprint density at radius 3 is 2.00 bits per heavy atom. The number of rotatable bonds is 3. The van der Waals surface area contributed by atoms with E-state index in [-0.39, 0.29) is 29.6 Å². The van der Waals surface area contributed by atoms with Crippen LogP contribution in [0.4, 0.5) is 0 Å². The second-order valence-corrected chi connectivity index (χ2v) is 1.38. The fourth-order valence-electron chi connectivity index (χ4n) is 0.272. The topological polar surface area (TPSA) is 77.4 Å². The first-order valence-corrected chi connectivity index (χ1v) is 2.41. The largest absolute Gasteiger partial charge is 1.00 e. The normalized spacial score (nSPS) is 9.82. The minimum atomic E-state index is -1.35. The van der Waals surface area contributed by atoms with Crippen molar-refractivity contribution < 1.29 is 49.4 Å². The van der Waals surface area contributed by atoms with E-state index in [0.29, 0.717) is 0 Å². The van der Waals surface area contributed by atoms with Crippen molar-refractivity contribution in [2.24, 2.45) is 0 Å². The van der Waals surface area contributed by atoms with Gasteiger partial charge in [-0.2, -0.15) is 0 Å². The molecule has 4 nitrogen and oxygen atoms in total. The number of carboxylic acids is 2. The molecule has 0 saturated carbocycles. The van der Waals surface area contributed by atoms with Crippen molar-refractivity contribution in [3.8, 4) is 0 Å². The summed E-state index contributed by atoms with van der Waals surface area (Å²) in [5.74, 6) is -2.47. The molecule has 0 rings (SSSR count). The molecule has 0 aromatic heterocycles. The Hall–Kier alpha value is -0.580. The van der Waals surface area contributed by atoms with Gasteiger partial charge in [0.2, 0.25) is 0 Å². The summed E-state index contributed by atoms with van der Waals surface area (Å²) in [4.78, 5) is 19.4. The molecule has 0 unspecified atom stereocenters. The van der Waals surface area contributed by atoms with Gasteiger partial charge in [0.15, 0.2) is 0 Å². The molecular formula is C6H5NaO4. The zero-order valence-corrected chi connectivity index (χ0v) is 7.98. The van der Waals surface area contributed by atoms with Crippen molar-refractivity contribution in [3.63, 3.8) is 0 Å². The molecule has 11 heavy (non-hydrogen) atoms. The number of aliphatic carboxylic acids is 2.